The van der Waals surface area contributed by atoms with Crippen LogP contribution in [0.1, 0.15) is 27.7 Å². The van der Waals surface area contributed by atoms with E-state index < -0.39 is 5.24 Å². The van der Waals surface area contributed by atoms with Crippen molar-refractivity contribution in [2.45, 2.75) is 39.4 Å². The van der Waals surface area contributed by atoms with Gasteiger partial charge in [0.05, 0.1) is 0 Å². The molecule has 1 unspecified atom stereocenters. The summed E-state index contributed by atoms with van der Waals surface area (Å²) in [5.41, 5.74) is 0.333. The third kappa shape index (κ3) is 2.35. The van der Waals surface area contributed by atoms with Crippen LogP contribution >= 0.6 is 11.6 Å². The van der Waals surface area contributed by atoms with Crippen LogP contribution in [0, 0.1) is 0 Å². The van der Waals surface area contributed by atoms with Crippen molar-refractivity contribution < 1.29 is 4.79 Å². The van der Waals surface area contributed by atoms with Gasteiger partial charge < -0.3 is 4.90 Å². The number of allylic oxidation sites excluding steroid dienone is 1. The molecular formula is C10H15ClN2O. The molecule has 0 N–H and O–H groups in total. The van der Waals surface area contributed by atoms with Gasteiger partial charge in [0.2, 0.25) is 0 Å². The average Bonchev–Trinajstić information content (AvgIpc) is 2.01. The lowest BCUT2D eigenvalue weighted by molar-refractivity contribution is -0.106. The fourth-order valence-electron chi connectivity index (χ4n) is 1.48. The summed E-state index contributed by atoms with van der Waals surface area (Å²) in [7, 11) is 0. The summed E-state index contributed by atoms with van der Waals surface area (Å²) in [5, 5.41) is -0.498. The Kier molecular flexibility index (Phi) is 3.00. The number of nitrogens with zero attached hydrogens (tertiary/aromatic N) is 2. The number of carbonyl (C=O) groups is 1. The molecular weight excluding hydrogens is 200 g/mol. The third-order valence-electron chi connectivity index (χ3n) is 2.10. The molecule has 0 aromatic rings. The molecule has 0 amide bonds. The molecule has 0 saturated heterocycles. The molecule has 1 rings (SSSR count). The Bertz CT molecular complexity index is 302. The molecule has 14 heavy (non-hydrogen) atoms. The van der Waals surface area contributed by atoms with E-state index in [2.05, 4.69) is 30.7 Å². The highest BCUT2D eigenvalue weighted by Gasteiger charge is 2.26. The molecule has 3 nitrogen and oxygen atoms in total. The van der Waals surface area contributed by atoms with Crippen LogP contribution in [-0.4, -0.2) is 27.6 Å². The van der Waals surface area contributed by atoms with E-state index in [1.165, 1.54) is 0 Å². The van der Waals surface area contributed by atoms with Crippen LogP contribution in [0.15, 0.2) is 17.3 Å². The van der Waals surface area contributed by atoms with E-state index in [4.69, 9.17) is 11.6 Å². The first-order chi connectivity index (χ1) is 6.32. The number of hydrogen-bond donors (Lipinski definition) is 0. The van der Waals surface area contributed by atoms with E-state index >= 15 is 0 Å². The summed E-state index contributed by atoms with van der Waals surface area (Å²) < 4.78 is 0. The first-order valence-electron chi connectivity index (χ1n) is 4.56. The molecule has 0 fully saturated rings. The molecule has 4 heteroatoms. The van der Waals surface area contributed by atoms with Crippen LogP contribution in [0.2, 0.25) is 0 Å². The van der Waals surface area contributed by atoms with E-state index in [1.807, 2.05) is 13.1 Å². The van der Waals surface area contributed by atoms with Crippen molar-refractivity contribution >= 4 is 22.6 Å². The topological polar surface area (TPSA) is 32.7 Å². The molecule has 0 bridgehead atoms. The van der Waals surface area contributed by atoms with E-state index in [-0.39, 0.29) is 11.7 Å². The standard InChI is InChI=1S/C10H15ClN2O/c1-7-12-8(9(11)14)5-6-13(7)10(2,3)4/h5-7H,1-4H3. The van der Waals surface area contributed by atoms with Gasteiger partial charge >= 0.3 is 0 Å². The minimum Gasteiger partial charge on any atom is -0.351 e. The van der Waals surface area contributed by atoms with E-state index in [0.717, 1.165) is 0 Å². The van der Waals surface area contributed by atoms with Crippen LogP contribution in [0.25, 0.3) is 0 Å². The van der Waals surface area contributed by atoms with Crippen molar-refractivity contribution in [2.24, 2.45) is 4.99 Å². The van der Waals surface area contributed by atoms with Crippen LogP contribution in [-0.2, 0) is 4.79 Å². The monoisotopic (exact) mass is 214 g/mol. The van der Waals surface area contributed by atoms with Gasteiger partial charge in [-0.2, -0.15) is 0 Å². The molecule has 0 saturated carbocycles. The van der Waals surface area contributed by atoms with Gasteiger partial charge in [-0.1, -0.05) is 0 Å². The molecule has 1 aliphatic heterocycles. The predicted octanol–water partition coefficient (Wildman–Crippen LogP) is 2.17. The Morgan fingerprint density at radius 1 is 1.57 bits per heavy atom. The Labute approximate surface area is 89.4 Å². The first kappa shape index (κ1) is 11.2. The van der Waals surface area contributed by atoms with Gasteiger partial charge in [-0.25, -0.2) is 0 Å². The van der Waals surface area contributed by atoms with Crippen LogP contribution in [0.5, 0.6) is 0 Å². The van der Waals surface area contributed by atoms with Crippen LogP contribution in [0.4, 0.5) is 0 Å². The summed E-state index contributed by atoms with van der Waals surface area (Å²) in [6.45, 7) is 8.22. The molecule has 78 valence electrons. The second-order valence-electron chi connectivity index (χ2n) is 4.31. The summed E-state index contributed by atoms with van der Waals surface area (Å²) in [6, 6.07) is 0. The minimum absolute atomic E-state index is 0.000305. The lowest BCUT2D eigenvalue weighted by Crippen LogP contribution is -2.44. The van der Waals surface area contributed by atoms with Gasteiger partial charge in [0.25, 0.3) is 5.24 Å². The highest BCUT2D eigenvalue weighted by Crippen LogP contribution is 2.21. The largest absolute Gasteiger partial charge is 0.351 e. The van der Waals surface area contributed by atoms with Crippen molar-refractivity contribution in [3.8, 4) is 0 Å². The average molecular weight is 215 g/mol. The Hall–Kier alpha value is -0.830. The summed E-state index contributed by atoms with van der Waals surface area (Å²) >= 11 is 5.34. The zero-order chi connectivity index (χ0) is 10.9. The molecule has 0 aromatic carbocycles. The smallest absolute Gasteiger partial charge is 0.270 e. The number of halogens is 1. The van der Waals surface area contributed by atoms with Gasteiger partial charge in [0, 0.05) is 11.7 Å². The third-order valence-corrected chi connectivity index (χ3v) is 2.29. The van der Waals surface area contributed by atoms with Gasteiger partial charge in [-0.3, -0.25) is 9.79 Å². The zero-order valence-electron chi connectivity index (χ0n) is 8.91. The minimum atomic E-state index is -0.498. The highest BCUT2D eigenvalue weighted by molar-refractivity contribution is 6.83. The SMILES string of the molecule is CC1N=C(C(=O)Cl)C=CN1C(C)(C)C. The molecule has 0 spiro atoms. The quantitative estimate of drug-likeness (QED) is 0.627. The predicted molar refractivity (Wildman–Crippen MR) is 58.5 cm³/mol. The van der Waals surface area contributed by atoms with E-state index in [0.29, 0.717) is 5.71 Å². The van der Waals surface area contributed by atoms with Crippen molar-refractivity contribution in [2.75, 3.05) is 0 Å². The van der Waals surface area contributed by atoms with Crippen molar-refractivity contribution in [3.05, 3.63) is 12.3 Å². The lowest BCUT2D eigenvalue weighted by atomic mass is 10.1. The van der Waals surface area contributed by atoms with Crippen LogP contribution < -0.4 is 0 Å². The van der Waals surface area contributed by atoms with Gasteiger partial charge in [0.1, 0.15) is 11.9 Å². The molecule has 1 heterocycles. The molecule has 0 aromatic heterocycles. The van der Waals surface area contributed by atoms with Gasteiger partial charge in [0.15, 0.2) is 0 Å². The molecule has 0 aliphatic carbocycles. The van der Waals surface area contributed by atoms with Crippen molar-refractivity contribution in [1.82, 2.24) is 4.90 Å². The summed E-state index contributed by atoms with van der Waals surface area (Å²) in [5.74, 6) is 0. The Morgan fingerprint density at radius 3 is 2.50 bits per heavy atom. The lowest BCUT2D eigenvalue weighted by Gasteiger charge is -2.39. The Morgan fingerprint density at radius 2 is 2.14 bits per heavy atom. The maximum atomic E-state index is 10.9. The zero-order valence-corrected chi connectivity index (χ0v) is 9.67. The number of carbonyl (C=O) groups excluding carboxylic acids is 1. The summed E-state index contributed by atoms with van der Waals surface area (Å²) in [4.78, 5) is 17.1. The van der Waals surface area contributed by atoms with Crippen molar-refractivity contribution in [1.29, 1.82) is 0 Å². The Balaban J connectivity index is 2.87. The first-order valence-corrected chi connectivity index (χ1v) is 4.94. The summed E-state index contributed by atoms with van der Waals surface area (Å²) in [6.07, 6.45) is 3.48. The molecule has 1 atom stereocenters. The van der Waals surface area contributed by atoms with Gasteiger partial charge in [-0.05, 0) is 45.4 Å². The number of rotatable bonds is 1. The maximum Gasteiger partial charge on any atom is 0.270 e. The fraction of sp³-hybridized carbons (Fsp3) is 0.600. The number of aliphatic imine (C=N–C) groups is 1. The maximum absolute atomic E-state index is 10.9. The van der Waals surface area contributed by atoms with Gasteiger partial charge in [-0.15, -0.1) is 0 Å². The normalized spacial score (nSPS) is 22.2. The van der Waals surface area contributed by atoms with E-state index in [1.54, 1.807) is 6.08 Å². The van der Waals surface area contributed by atoms with Crippen LogP contribution in [0.3, 0.4) is 0 Å². The fourth-order valence-corrected chi connectivity index (χ4v) is 1.59. The second-order valence-corrected chi connectivity index (χ2v) is 4.66. The number of hydrogen-bond acceptors (Lipinski definition) is 3. The highest BCUT2D eigenvalue weighted by atomic mass is 35.5. The second kappa shape index (κ2) is 3.73. The molecule has 1 aliphatic rings. The molecule has 0 radical (unpaired) electrons. The van der Waals surface area contributed by atoms with E-state index in [9.17, 15) is 4.79 Å². The van der Waals surface area contributed by atoms with Crippen molar-refractivity contribution in [3.63, 3.8) is 0 Å².